The average Bonchev–Trinajstić information content (AvgIpc) is 3.28. The highest BCUT2D eigenvalue weighted by molar-refractivity contribution is 6.90. The monoisotopic (exact) mass is 483 g/mol. The summed E-state index contributed by atoms with van der Waals surface area (Å²) >= 11 is 0. The number of hydrogen-bond acceptors (Lipinski definition) is 7. The van der Waals surface area contributed by atoms with Gasteiger partial charge in [-0.2, -0.15) is 0 Å². The van der Waals surface area contributed by atoms with E-state index in [0.717, 1.165) is 24.0 Å². The summed E-state index contributed by atoms with van der Waals surface area (Å²) in [5, 5.41) is 4.01. The van der Waals surface area contributed by atoms with Crippen LogP contribution in [0.15, 0.2) is 40.8 Å². The smallest absolute Gasteiger partial charge is 0.291 e. The molecule has 0 unspecified atom stereocenters. The van der Waals surface area contributed by atoms with Gasteiger partial charge < -0.3 is 33.4 Å². The highest BCUT2D eigenvalue weighted by atomic mass is 28.3. The number of carbonyl (C=O) groups excluding carboxylic acids is 1. The molecule has 180 valence electrons. The number of aryl methyl sites for hydroxylation is 1. The van der Waals surface area contributed by atoms with Gasteiger partial charge in [0.15, 0.2) is 5.76 Å². The van der Waals surface area contributed by atoms with Crippen molar-refractivity contribution >= 4 is 24.9 Å². The third-order valence-corrected chi connectivity index (χ3v) is 9.26. The standard InChI is InChI=1S/C25H29NO7Si/c1-15-11-19-22(34(5,6)10-9-31-19)14-18(15)33-23-8-7-17(32-23)25(27)26-24-20(29-3)12-16(28-2)13-21(24)30-4/h7-8,11-14H,9-10H2,1-6H3,(H,26,27). The maximum absolute atomic E-state index is 12.9. The summed E-state index contributed by atoms with van der Waals surface area (Å²) in [6.07, 6.45) is 0. The van der Waals surface area contributed by atoms with Crippen LogP contribution in [-0.2, 0) is 0 Å². The Labute approximate surface area is 199 Å². The Morgan fingerprint density at radius 1 is 0.971 bits per heavy atom. The second kappa shape index (κ2) is 9.34. The van der Waals surface area contributed by atoms with Gasteiger partial charge in [-0.05, 0) is 41.9 Å². The molecule has 0 saturated carbocycles. The Kier molecular flexibility index (Phi) is 6.47. The van der Waals surface area contributed by atoms with Crippen LogP contribution in [0.5, 0.6) is 34.7 Å². The summed E-state index contributed by atoms with van der Waals surface area (Å²) in [5.74, 6) is 2.79. The molecule has 0 atom stereocenters. The summed E-state index contributed by atoms with van der Waals surface area (Å²) in [6.45, 7) is 7.36. The van der Waals surface area contributed by atoms with Crippen LogP contribution in [0, 0.1) is 6.92 Å². The van der Waals surface area contributed by atoms with Crippen molar-refractivity contribution in [1.29, 1.82) is 0 Å². The molecule has 0 aliphatic carbocycles. The summed E-state index contributed by atoms with van der Waals surface area (Å²) in [4.78, 5) is 12.9. The van der Waals surface area contributed by atoms with Gasteiger partial charge in [-0.25, -0.2) is 0 Å². The molecule has 0 bridgehead atoms. The Morgan fingerprint density at radius 3 is 2.32 bits per heavy atom. The Bertz CT molecular complexity index is 1190. The number of benzene rings is 2. The summed E-state index contributed by atoms with van der Waals surface area (Å²) in [6, 6.07) is 11.6. The molecule has 0 fully saturated rings. The van der Waals surface area contributed by atoms with E-state index in [4.69, 9.17) is 28.1 Å². The number of anilines is 1. The van der Waals surface area contributed by atoms with E-state index in [1.165, 1.54) is 26.5 Å². The zero-order chi connectivity index (χ0) is 24.5. The first-order chi connectivity index (χ1) is 16.2. The SMILES string of the molecule is COc1cc(OC)c(NC(=O)c2ccc(Oc3cc4c(cc3C)OCC[Si]4(C)C)o2)c(OC)c1. The predicted molar refractivity (Wildman–Crippen MR) is 131 cm³/mol. The van der Waals surface area contributed by atoms with Crippen LogP contribution in [0.3, 0.4) is 0 Å². The molecule has 1 aromatic heterocycles. The Morgan fingerprint density at radius 2 is 1.68 bits per heavy atom. The van der Waals surface area contributed by atoms with Crippen LogP contribution in [0.4, 0.5) is 5.69 Å². The molecular formula is C25H29NO7Si. The van der Waals surface area contributed by atoms with Crippen molar-refractivity contribution in [3.05, 3.63) is 47.7 Å². The Hall–Kier alpha value is -3.59. The first-order valence-corrected chi connectivity index (χ1v) is 14.1. The molecule has 3 aromatic rings. The number of rotatable bonds is 7. The van der Waals surface area contributed by atoms with E-state index < -0.39 is 14.0 Å². The molecule has 1 aliphatic heterocycles. The van der Waals surface area contributed by atoms with E-state index >= 15 is 0 Å². The van der Waals surface area contributed by atoms with Gasteiger partial charge in [0.05, 0.1) is 36.0 Å². The quantitative estimate of drug-likeness (QED) is 0.475. The number of ether oxygens (including phenoxy) is 5. The molecule has 0 spiro atoms. The van der Waals surface area contributed by atoms with Crippen molar-refractivity contribution in [2.45, 2.75) is 26.1 Å². The van der Waals surface area contributed by atoms with Crippen LogP contribution in [-0.4, -0.2) is 41.9 Å². The zero-order valence-corrected chi connectivity index (χ0v) is 21.2. The van der Waals surface area contributed by atoms with Gasteiger partial charge in [0.2, 0.25) is 0 Å². The lowest BCUT2D eigenvalue weighted by Gasteiger charge is -2.31. The zero-order valence-electron chi connectivity index (χ0n) is 20.2. The minimum absolute atomic E-state index is 0.0866. The number of carbonyl (C=O) groups is 1. The normalized spacial score (nSPS) is 13.9. The lowest BCUT2D eigenvalue weighted by atomic mass is 10.2. The number of methoxy groups -OCH3 is 3. The van der Waals surface area contributed by atoms with E-state index in [-0.39, 0.29) is 11.7 Å². The molecule has 9 heteroatoms. The largest absolute Gasteiger partial charge is 0.496 e. The van der Waals surface area contributed by atoms with Crippen LogP contribution in [0.25, 0.3) is 0 Å². The van der Waals surface area contributed by atoms with Gasteiger partial charge in [-0.3, -0.25) is 4.79 Å². The van der Waals surface area contributed by atoms with Gasteiger partial charge >= 0.3 is 0 Å². The van der Waals surface area contributed by atoms with Crippen molar-refractivity contribution in [3.8, 4) is 34.7 Å². The summed E-state index contributed by atoms with van der Waals surface area (Å²) < 4.78 is 33.6. The van der Waals surface area contributed by atoms with E-state index in [9.17, 15) is 4.79 Å². The third-order valence-electron chi connectivity index (χ3n) is 5.96. The molecule has 1 N–H and O–H groups in total. The lowest BCUT2D eigenvalue weighted by molar-refractivity contribution is 0.0991. The van der Waals surface area contributed by atoms with Crippen molar-refractivity contribution in [2.75, 3.05) is 33.3 Å². The fourth-order valence-electron chi connectivity index (χ4n) is 3.88. The average molecular weight is 484 g/mol. The number of fused-ring (bicyclic) bond motifs is 1. The van der Waals surface area contributed by atoms with Crippen molar-refractivity contribution < 1.29 is 32.9 Å². The van der Waals surface area contributed by atoms with E-state index in [1.54, 1.807) is 24.3 Å². The molecule has 8 nitrogen and oxygen atoms in total. The minimum Gasteiger partial charge on any atom is -0.496 e. The summed E-state index contributed by atoms with van der Waals surface area (Å²) in [5.41, 5.74) is 1.30. The van der Waals surface area contributed by atoms with Crippen LogP contribution >= 0.6 is 0 Å². The van der Waals surface area contributed by atoms with Gasteiger partial charge in [0.25, 0.3) is 11.9 Å². The highest BCUT2D eigenvalue weighted by Gasteiger charge is 2.32. The molecule has 1 amide bonds. The van der Waals surface area contributed by atoms with Crippen molar-refractivity contribution in [3.63, 3.8) is 0 Å². The van der Waals surface area contributed by atoms with Crippen LogP contribution in [0.2, 0.25) is 19.1 Å². The molecular weight excluding hydrogens is 454 g/mol. The fraction of sp³-hybridized carbons (Fsp3) is 0.320. The molecule has 34 heavy (non-hydrogen) atoms. The highest BCUT2D eigenvalue weighted by Crippen LogP contribution is 2.39. The van der Waals surface area contributed by atoms with E-state index in [1.807, 2.05) is 19.1 Å². The lowest BCUT2D eigenvalue weighted by Crippen LogP contribution is -2.46. The second-order valence-corrected chi connectivity index (χ2v) is 13.5. The van der Waals surface area contributed by atoms with Gasteiger partial charge in [-0.1, -0.05) is 13.1 Å². The molecule has 4 rings (SSSR count). The maximum Gasteiger partial charge on any atom is 0.291 e. The van der Waals surface area contributed by atoms with Crippen molar-refractivity contribution in [1.82, 2.24) is 0 Å². The fourth-order valence-corrected chi connectivity index (χ4v) is 6.09. The van der Waals surface area contributed by atoms with Gasteiger partial charge in [0, 0.05) is 18.2 Å². The number of hydrogen-bond donors (Lipinski definition) is 1. The third kappa shape index (κ3) is 4.56. The minimum atomic E-state index is -1.60. The van der Waals surface area contributed by atoms with Crippen LogP contribution < -0.4 is 34.2 Å². The second-order valence-electron chi connectivity index (χ2n) is 8.68. The summed E-state index contributed by atoms with van der Waals surface area (Å²) in [7, 11) is 2.94. The number of nitrogens with one attached hydrogen (secondary N) is 1. The topological polar surface area (TPSA) is 88.4 Å². The predicted octanol–water partition coefficient (Wildman–Crippen LogP) is 4.97. The van der Waals surface area contributed by atoms with Gasteiger partial charge in [-0.15, -0.1) is 0 Å². The molecule has 0 saturated heterocycles. The molecule has 2 aromatic carbocycles. The van der Waals surface area contributed by atoms with E-state index in [2.05, 4.69) is 18.4 Å². The molecule has 2 heterocycles. The van der Waals surface area contributed by atoms with Gasteiger partial charge in [0.1, 0.15) is 34.4 Å². The molecule has 0 radical (unpaired) electrons. The maximum atomic E-state index is 12.9. The first-order valence-electron chi connectivity index (χ1n) is 10.9. The molecule has 1 aliphatic rings. The van der Waals surface area contributed by atoms with Crippen molar-refractivity contribution in [2.24, 2.45) is 0 Å². The Balaban J connectivity index is 1.56. The number of furan rings is 1. The number of amides is 1. The van der Waals surface area contributed by atoms with E-state index in [0.29, 0.717) is 28.7 Å². The first kappa shape index (κ1) is 23.6. The van der Waals surface area contributed by atoms with Crippen LogP contribution in [0.1, 0.15) is 16.1 Å².